The first-order valence-electron chi connectivity index (χ1n) is 10.7. The molecule has 4 aromatic rings. The minimum atomic E-state index is -0.0131. The SMILES string of the molecule is CN1C(c2ccccc2)=CC(c2ccccc2)=C(C(=O)c2ccccc2)[n+]2ccccc21.[I-]. The van der Waals surface area contributed by atoms with Crippen LogP contribution in [-0.4, -0.2) is 12.8 Å². The summed E-state index contributed by atoms with van der Waals surface area (Å²) in [7, 11) is 2.04. The van der Waals surface area contributed by atoms with E-state index in [1.54, 1.807) is 0 Å². The fourth-order valence-corrected chi connectivity index (χ4v) is 4.13. The highest BCUT2D eigenvalue weighted by atomic mass is 127. The maximum atomic E-state index is 13.9. The average Bonchev–Trinajstić information content (AvgIpc) is 3.00. The average molecular weight is 542 g/mol. The van der Waals surface area contributed by atoms with Crippen molar-refractivity contribution in [2.75, 3.05) is 11.9 Å². The lowest BCUT2D eigenvalue weighted by Crippen LogP contribution is -3.00. The van der Waals surface area contributed by atoms with Crippen LogP contribution in [0.3, 0.4) is 0 Å². The van der Waals surface area contributed by atoms with E-state index in [2.05, 4.69) is 35.2 Å². The number of fused-ring (bicyclic) bond motifs is 1. The Bertz CT molecular complexity index is 1330. The smallest absolute Gasteiger partial charge is 0.286 e. The third-order valence-electron chi connectivity index (χ3n) is 5.73. The van der Waals surface area contributed by atoms with E-state index in [-0.39, 0.29) is 29.8 Å². The first-order valence-corrected chi connectivity index (χ1v) is 10.7. The number of benzene rings is 3. The van der Waals surface area contributed by atoms with Gasteiger partial charge in [0.15, 0.2) is 5.70 Å². The van der Waals surface area contributed by atoms with Gasteiger partial charge < -0.3 is 24.0 Å². The number of aromatic nitrogens is 1. The van der Waals surface area contributed by atoms with E-state index < -0.39 is 0 Å². The minimum Gasteiger partial charge on any atom is -1.00 e. The Kier molecular flexibility index (Phi) is 6.84. The molecule has 0 bridgehead atoms. The highest BCUT2D eigenvalue weighted by Crippen LogP contribution is 2.33. The zero-order chi connectivity index (χ0) is 21.9. The number of pyridine rings is 1. The van der Waals surface area contributed by atoms with Crippen molar-refractivity contribution in [1.82, 2.24) is 0 Å². The lowest BCUT2D eigenvalue weighted by Gasteiger charge is -2.16. The molecule has 1 aliphatic heterocycles. The number of carbonyl (C=O) groups excluding carboxylic acids is 1. The minimum absolute atomic E-state index is 0. The number of ketones is 1. The van der Waals surface area contributed by atoms with Crippen molar-refractivity contribution < 1.29 is 33.3 Å². The monoisotopic (exact) mass is 542 g/mol. The molecule has 0 aliphatic carbocycles. The Hall–Kier alpha value is -3.51. The van der Waals surface area contributed by atoms with Crippen molar-refractivity contribution in [3.63, 3.8) is 0 Å². The van der Waals surface area contributed by atoms with Crippen LogP contribution >= 0.6 is 0 Å². The largest absolute Gasteiger partial charge is 1.00 e. The highest BCUT2D eigenvalue weighted by molar-refractivity contribution is 6.29. The lowest BCUT2D eigenvalue weighted by atomic mass is 9.96. The molecule has 5 rings (SSSR count). The predicted molar refractivity (Wildman–Crippen MR) is 130 cm³/mol. The highest BCUT2D eigenvalue weighted by Gasteiger charge is 2.33. The number of rotatable bonds is 4. The molecule has 0 fully saturated rings. The molecule has 3 aromatic carbocycles. The molecule has 3 nitrogen and oxygen atoms in total. The normalized spacial score (nSPS) is 12.9. The predicted octanol–water partition coefficient (Wildman–Crippen LogP) is 2.72. The molecule has 0 atom stereocenters. The molecule has 0 unspecified atom stereocenters. The van der Waals surface area contributed by atoms with Crippen LogP contribution in [0.4, 0.5) is 5.82 Å². The van der Waals surface area contributed by atoms with Crippen LogP contribution in [0.2, 0.25) is 0 Å². The molecule has 4 heteroatoms. The number of carbonyl (C=O) groups is 1. The maximum absolute atomic E-state index is 13.9. The number of Topliss-reactive ketones (excluding diaryl/α,β-unsaturated/α-hetero) is 1. The quantitative estimate of drug-likeness (QED) is 0.225. The first kappa shape index (κ1) is 22.7. The van der Waals surface area contributed by atoms with E-state index in [0.717, 1.165) is 28.2 Å². The van der Waals surface area contributed by atoms with Crippen molar-refractivity contribution in [3.05, 3.63) is 138 Å². The fourth-order valence-electron chi connectivity index (χ4n) is 4.13. The molecule has 1 aromatic heterocycles. The summed E-state index contributed by atoms with van der Waals surface area (Å²) >= 11 is 0. The van der Waals surface area contributed by atoms with Crippen LogP contribution in [0.5, 0.6) is 0 Å². The van der Waals surface area contributed by atoms with Gasteiger partial charge in [-0.1, -0.05) is 97.1 Å². The zero-order valence-corrected chi connectivity index (χ0v) is 20.4. The zero-order valence-electron chi connectivity index (χ0n) is 18.2. The maximum Gasteiger partial charge on any atom is 0.286 e. The van der Waals surface area contributed by atoms with E-state index in [9.17, 15) is 4.79 Å². The molecule has 0 N–H and O–H groups in total. The van der Waals surface area contributed by atoms with Gasteiger partial charge in [0.25, 0.3) is 5.82 Å². The molecule has 0 radical (unpaired) electrons. The summed E-state index contributed by atoms with van der Waals surface area (Å²) in [5, 5.41) is 0. The van der Waals surface area contributed by atoms with Gasteiger partial charge in [-0.25, -0.2) is 4.90 Å². The molecule has 0 saturated carbocycles. The molecule has 1 aliphatic rings. The van der Waals surface area contributed by atoms with Crippen LogP contribution < -0.4 is 33.4 Å². The number of hydrogen-bond acceptors (Lipinski definition) is 2. The number of anilines is 1. The number of nitrogens with zero attached hydrogens (tertiary/aromatic N) is 2. The summed E-state index contributed by atoms with van der Waals surface area (Å²) < 4.78 is 2.00. The third-order valence-corrected chi connectivity index (χ3v) is 5.73. The summed E-state index contributed by atoms with van der Waals surface area (Å²) in [4.78, 5) is 16.1. The number of hydrogen-bond donors (Lipinski definition) is 0. The van der Waals surface area contributed by atoms with E-state index in [4.69, 9.17) is 0 Å². The second kappa shape index (κ2) is 9.96. The molecular formula is C29H23IN2O. The molecular weight excluding hydrogens is 519 g/mol. The van der Waals surface area contributed by atoms with E-state index in [1.807, 2.05) is 103 Å². The standard InChI is InChI=1S/C29H23N2O.HI/c1-30-26(23-15-7-3-8-16-23)21-25(22-13-5-2-6-14-22)28(31-20-12-11-19-27(30)31)29(32)24-17-9-4-10-18-24;/h2-21H,1H3;1H/q+1;/p-1. The lowest BCUT2D eigenvalue weighted by molar-refractivity contribution is -0.562. The number of allylic oxidation sites excluding steroid dienone is 3. The summed E-state index contributed by atoms with van der Waals surface area (Å²) in [5.74, 6) is 0.911. The van der Waals surface area contributed by atoms with Crippen molar-refractivity contribution in [2.24, 2.45) is 0 Å². The fraction of sp³-hybridized carbons (Fsp3) is 0.0345. The van der Waals surface area contributed by atoms with Gasteiger partial charge in [-0.15, -0.1) is 0 Å². The topological polar surface area (TPSA) is 24.2 Å². The Morgan fingerprint density at radius 3 is 1.88 bits per heavy atom. The van der Waals surface area contributed by atoms with E-state index >= 15 is 0 Å². The van der Waals surface area contributed by atoms with Gasteiger partial charge in [-0.3, -0.25) is 4.79 Å². The third kappa shape index (κ3) is 4.39. The first-order chi connectivity index (χ1) is 15.7. The van der Waals surface area contributed by atoms with E-state index in [1.165, 1.54) is 0 Å². The van der Waals surface area contributed by atoms with Crippen LogP contribution in [0.15, 0.2) is 121 Å². The van der Waals surface area contributed by atoms with Gasteiger partial charge in [0.2, 0.25) is 5.78 Å². The van der Waals surface area contributed by atoms with Gasteiger partial charge in [0.05, 0.1) is 13.2 Å². The molecule has 0 spiro atoms. The van der Waals surface area contributed by atoms with Crippen LogP contribution in [0, 0.1) is 0 Å². The van der Waals surface area contributed by atoms with Gasteiger partial charge in [-0.2, -0.15) is 4.57 Å². The molecule has 162 valence electrons. The summed E-state index contributed by atoms with van der Waals surface area (Å²) in [6.07, 6.45) is 4.10. The molecule has 0 amide bonds. The van der Waals surface area contributed by atoms with Crippen molar-refractivity contribution in [3.8, 4) is 0 Å². The van der Waals surface area contributed by atoms with E-state index in [0.29, 0.717) is 11.3 Å². The Morgan fingerprint density at radius 2 is 1.24 bits per heavy atom. The summed E-state index contributed by atoms with van der Waals surface area (Å²) in [6, 6.07) is 35.9. The van der Waals surface area contributed by atoms with Crippen LogP contribution in [0.1, 0.15) is 21.5 Å². The van der Waals surface area contributed by atoms with Crippen LogP contribution in [-0.2, 0) is 0 Å². The molecule has 0 saturated heterocycles. The van der Waals surface area contributed by atoms with Gasteiger partial charge >= 0.3 is 0 Å². The summed E-state index contributed by atoms with van der Waals surface area (Å²) in [6.45, 7) is 0. The Morgan fingerprint density at radius 1 is 0.697 bits per heavy atom. The van der Waals surface area contributed by atoms with Gasteiger partial charge in [0, 0.05) is 22.8 Å². The number of halogens is 1. The van der Waals surface area contributed by atoms with Gasteiger partial charge in [0.1, 0.15) is 5.70 Å². The van der Waals surface area contributed by atoms with Crippen molar-refractivity contribution in [2.45, 2.75) is 0 Å². The Balaban J connectivity index is 0.00000259. The molecule has 2 heterocycles. The van der Waals surface area contributed by atoms with Crippen LogP contribution in [0.25, 0.3) is 17.0 Å². The second-order valence-corrected chi connectivity index (χ2v) is 7.71. The second-order valence-electron chi connectivity index (χ2n) is 7.71. The Labute approximate surface area is 211 Å². The van der Waals surface area contributed by atoms with Crippen molar-refractivity contribution in [1.29, 1.82) is 0 Å². The molecule has 33 heavy (non-hydrogen) atoms. The summed E-state index contributed by atoms with van der Waals surface area (Å²) in [5.41, 5.74) is 5.30. The van der Waals surface area contributed by atoms with Gasteiger partial charge in [-0.05, 0) is 17.7 Å². The van der Waals surface area contributed by atoms with Crippen molar-refractivity contribution >= 4 is 28.6 Å².